The second-order valence-electron chi connectivity index (χ2n) is 9.69. The summed E-state index contributed by atoms with van der Waals surface area (Å²) in [4.78, 5) is 53.9. The van der Waals surface area contributed by atoms with E-state index in [-0.39, 0.29) is 11.8 Å². The first-order valence-corrected chi connectivity index (χ1v) is 13.2. The molecule has 6 rings (SSSR count). The van der Waals surface area contributed by atoms with Crippen LogP contribution in [0.2, 0.25) is 0 Å². The summed E-state index contributed by atoms with van der Waals surface area (Å²) in [5, 5.41) is 12.1. The fraction of sp³-hybridized carbons (Fsp3) is 0.172. The smallest absolute Gasteiger partial charge is 0.266 e. The Morgan fingerprint density at radius 3 is 2.15 bits per heavy atom. The van der Waals surface area contributed by atoms with Crippen molar-refractivity contribution in [2.75, 3.05) is 21.7 Å². The van der Waals surface area contributed by atoms with Crippen molar-refractivity contribution in [3.8, 4) is 0 Å². The Morgan fingerprint density at radius 1 is 0.872 bits per heavy atom. The fourth-order valence-corrected chi connectivity index (χ4v) is 5.86. The molecule has 1 fully saturated rings. The normalized spacial score (nSPS) is 16.7. The third-order valence-electron chi connectivity index (χ3n) is 6.84. The maximum atomic E-state index is 12.9. The Bertz CT molecular complexity index is 1610. The highest BCUT2D eigenvalue weighted by atomic mass is 32.1. The van der Waals surface area contributed by atoms with Crippen LogP contribution in [0.5, 0.6) is 0 Å². The van der Waals surface area contributed by atoms with Crippen molar-refractivity contribution in [3.05, 3.63) is 99.6 Å². The van der Waals surface area contributed by atoms with Crippen LogP contribution in [0.25, 0.3) is 0 Å². The first-order chi connectivity index (χ1) is 18.8. The van der Waals surface area contributed by atoms with Gasteiger partial charge in [-0.1, -0.05) is 29.5 Å². The first-order valence-electron chi connectivity index (χ1n) is 12.4. The molecule has 1 saturated heterocycles. The number of benzene rings is 3. The van der Waals surface area contributed by atoms with Crippen molar-refractivity contribution in [1.82, 2.24) is 10.2 Å². The highest BCUT2D eigenvalue weighted by Crippen LogP contribution is 2.35. The summed E-state index contributed by atoms with van der Waals surface area (Å²) in [7, 11) is 0. The summed E-state index contributed by atoms with van der Waals surface area (Å²) in [6, 6.07) is 19.0. The zero-order chi connectivity index (χ0) is 27.3. The van der Waals surface area contributed by atoms with E-state index >= 15 is 0 Å². The Labute approximate surface area is 228 Å². The van der Waals surface area contributed by atoms with E-state index in [9.17, 15) is 19.2 Å². The minimum Gasteiger partial charge on any atom is -0.312 e. The van der Waals surface area contributed by atoms with Crippen LogP contribution in [0.1, 0.15) is 59.5 Å². The van der Waals surface area contributed by atoms with Crippen LogP contribution in [0.4, 0.5) is 16.5 Å². The maximum absolute atomic E-state index is 12.9. The largest absolute Gasteiger partial charge is 0.312 e. The van der Waals surface area contributed by atoms with Gasteiger partial charge in [0.1, 0.15) is 5.01 Å². The molecule has 39 heavy (non-hydrogen) atoms. The van der Waals surface area contributed by atoms with Crippen molar-refractivity contribution in [3.63, 3.8) is 0 Å². The number of carbonyl (C=O) groups excluding carboxylic acids is 4. The van der Waals surface area contributed by atoms with Crippen LogP contribution in [0, 0.1) is 13.8 Å². The molecule has 0 aliphatic carbocycles. The Kier molecular flexibility index (Phi) is 6.03. The number of hydrogen-bond donors (Lipinski definition) is 1. The van der Waals surface area contributed by atoms with Crippen molar-refractivity contribution in [1.29, 1.82) is 0 Å². The minimum atomic E-state index is -0.397. The summed E-state index contributed by atoms with van der Waals surface area (Å²) in [5.41, 5.74) is 4.51. The van der Waals surface area contributed by atoms with E-state index < -0.39 is 17.7 Å². The lowest BCUT2D eigenvalue weighted by Gasteiger charge is -2.17. The van der Waals surface area contributed by atoms with Gasteiger partial charge in [-0.3, -0.25) is 24.5 Å². The van der Waals surface area contributed by atoms with Crippen molar-refractivity contribution >= 4 is 51.5 Å². The van der Waals surface area contributed by atoms with Crippen molar-refractivity contribution < 1.29 is 19.2 Å². The Morgan fingerprint density at radius 2 is 1.51 bits per heavy atom. The van der Waals surface area contributed by atoms with E-state index in [1.165, 1.54) is 11.3 Å². The number of aryl methyl sites for hydroxylation is 2. The predicted octanol–water partition coefficient (Wildman–Crippen LogP) is 4.73. The topological polar surface area (TPSA) is 113 Å². The molecule has 9 nitrogen and oxygen atoms in total. The highest BCUT2D eigenvalue weighted by Gasteiger charge is 2.36. The third-order valence-corrected chi connectivity index (χ3v) is 7.84. The van der Waals surface area contributed by atoms with E-state index in [0.29, 0.717) is 45.5 Å². The van der Waals surface area contributed by atoms with Gasteiger partial charge in [-0.05, 0) is 73.5 Å². The molecule has 1 atom stereocenters. The van der Waals surface area contributed by atoms with Crippen molar-refractivity contribution in [2.45, 2.75) is 26.2 Å². The number of anilines is 3. The molecule has 0 radical (unpaired) electrons. The van der Waals surface area contributed by atoms with Gasteiger partial charge in [-0.25, -0.2) is 4.90 Å². The van der Waals surface area contributed by atoms with E-state index in [4.69, 9.17) is 0 Å². The van der Waals surface area contributed by atoms with Gasteiger partial charge in [0.15, 0.2) is 0 Å². The zero-order valence-corrected chi connectivity index (χ0v) is 22.0. The maximum Gasteiger partial charge on any atom is 0.266 e. The average Bonchev–Trinajstić information content (AvgIpc) is 3.60. The molecule has 1 aromatic heterocycles. The Hall–Kier alpha value is -4.70. The molecule has 3 heterocycles. The number of nitrogens with one attached hydrogen (secondary N) is 1. The highest BCUT2D eigenvalue weighted by molar-refractivity contribution is 7.15. The molecular weight excluding hydrogens is 514 g/mol. The molecule has 4 amide bonds. The second-order valence-corrected chi connectivity index (χ2v) is 10.7. The van der Waals surface area contributed by atoms with Gasteiger partial charge in [-0.15, -0.1) is 10.2 Å². The minimum absolute atomic E-state index is 0.0314. The molecule has 0 spiro atoms. The molecule has 2 aliphatic rings. The molecule has 2 aliphatic heterocycles. The number of fused-ring (bicyclic) bond motifs is 1. The number of rotatable bonds is 5. The van der Waals surface area contributed by atoms with Gasteiger partial charge in [0, 0.05) is 30.1 Å². The molecule has 1 unspecified atom stereocenters. The van der Waals surface area contributed by atoms with E-state index in [1.54, 1.807) is 53.4 Å². The van der Waals surface area contributed by atoms with Crippen LogP contribution in [-0.4, -0.2) is 40.4 Å². The standard InChI is InChI=1S/C29H23N5O4S/c1-16-11-17(2)13-21(12-16)33-15-19(14-24(33)35)26-31-32-29(39-26)30-25(36)18-7-9-20(10-8-18)34-27(37)22-5-3-4-6-23(22)28(34)38/h3-13,19H,14-15H2,1-2H3,(H,30,32,36). The molecule has 3 aromatic carbocycles. The number of amides is 4. The SMILES string of the molecule is Cc1cc(C)cc(N2CC(c3nnc(NC(=O)c4ccc(N5C(=O)c6ccccc6C5=O)cc4)s3)CC2=O)c1. The zero-order valence-electron chi connectivity index (χ0n) is 21.2. The molecule has 0 saturated carbocycles. The summed E-state index contributed by atoms with van der Waals surface area (Å²) in [6.45, 7) is 4.52. The summed E-state index contributed by atoms with van der Waals surface area (Å²) in [6.07, 6.45) is 0.328. The van der Waals surface area contributed by atoms with E-state index in [2.05, 4.69) is 21.6 Å². The number of hydrogen-bond acceptors (Lipinski definition) is 7. The van der Waals surface area contributed by atoms with Gasteiger partial charge in [0.2, 0.25) is 11.0 Å². The lowest BCUT2D eigenvalue weighted by Crippen LogP contribution is -2.29. The van der Waals surface area contributed by atoms with E-state index in [0.717, 1.165) is 21.7 Å². The molecular formula is C29H23N5O4S. The van der Waals surface area contributed by atoms with Crippen molar-refractivity contribution in [2.24, 2.45) is 0 Å². The summed E-state index contributed by atoms with van der Waals surface area (Å²) < 4.78 is 0. The van der Waals surface area contributed by atoms with Crippen LogP contribution >= 0.6 is 11.3 Å². The number of nitrogens with zero attached hydrogens (tertiary/aromatic N) is 4. The second kappa shape index (κ2) is 9.55. The number of aromatic nitrogens is 2. The van der Waals surface area contributed by atoms with Crippen LogP contribution < -0.4 is 15.1 Å². The molecule has 0 bridgehead atoms. The lowest BCUT2D eigenvalue weighted by atomic mass is 10.1. The monoisotopic (exact) mass is 537 g/mol. The van der Waals surface area contributed by atoms with Gasteiger partial charge < -0.3 is 4.90 Å². The molecule has 10 heteroatoms. The number of carbonyl (C=O) groups is 4. The quantitative estimate of drug-likeness (QED) is 0.369. The van der Waals surface area contributed by atoms with Gasteiger partial charge in [-0.2, -0.15) is 0 Å². The summed E-state index contributed by atoms with van der Waals surface area (Å²) in [5.74, 6) is -1.26. The van der Waals surface area contributed by atoms with Gasteiger partial charge >= 0.3 is 0 Å². The number of imide groups is 1. The Balaban J connectivity index is 1.12. The molecule has 1 N–H and O–H groups in total. The van der Waals surface area contributed by atoms with Crippen LogP contribution in [0.15, 0.2) is 66.7 Å². The molecule has 194 valence electrons. The van der Waals surface area contributed by atoms with Gasteiger partial charge in [0.25, 0.3) is 17.7 Å². The summed E-state index contributed by atoms with van der Waals surface area (Å²) >= 11 is 1.25. The van der Waals surface area contributed by atoms with E-state index in [1.807, 2.05) is 26.0 Å². The first kappa shape index (κ1) is 24.6. The van der Waals surface area contributed by atoms with Crippen LogP contribution in [0.3, 0.4) is 0 Å². The fourth-order valence-electron chi connectivity index (χ4n) is 5.03. The van der Waals surface area contributed by atoms with Gasteiger partial charge in [0.05, 0.1) is 16.8 Å². The average molecular weight is 538 g/mol. The predicted molar refractivity (Wildman–Crippen MR) is 148 cm³/mol. The lowest BCUT2D eigenvalue weighted by molar-refractivity contribution is -0.117. The van der Waals surface area contributed by atoms with Crippen LogP contribution in [-0.2, 0) is 4.79 Å². The molecule has 4 aromatic rings. The third kappa shape index (κ3) is 4.48.